The van der Waals surface area contributed by atoms with Gasteiger partial charge in [-0.05, 0) is 127 Å². The molecule has 4 saturated carbocycles. The minimum Gasteiger partial charge on any atom is -0.481 e. The number of aromatic nitrogens is 4. The van der Waals surface area contributed by atoms with Gasteiger partial charge in [-0.2, -0.15) is 0 Å². The molecule has 1 amide bonds. The number of nitrogens with zero attached hydrogens (tertiary/aromatic N) is 2. The largest absolute Gasteiger partial charge is 0.481 e. The average Bonchev–Trinajstić information content (AvgIpc) is 4.10. The van der Waals surface area contributed by atoms with Gasteiger partial charge in [0.15, 0.2) is 6.29 Å². The number of nitrogens with two attached hydrogens (primary N) is 1. The number of hydrogen-bond donors (Lipinski definition) is 14. The number of imidazole rings is 2. The molecule has 10 rings (SSSR count). The number of carbonyl (C=O) groups excluding carboxylic acids is 1. The average molecular weight is 1020 g/mol. The number of nitrogens with one attached hydrogen (secondary N) is 4. The fourth-order valence-electron chi connectivity index (χ4n) is 18.2. The minimum absolute atomic E-state index is 0.0723. The number of aromatic amines is 2. The summed E-state index contributed by atoms with van der Waals surface area (Å²) in [6.07, 6.45) is 1.72. The van der Waals surface area contributed by atoms with Crippen molar-refractivity contribution in [3.63, 3.8) is 0 Å². The standard InChI is InChI=1S/C53H81N7O13/c1-48(21-62)12-13-53(47(70)71)31(16-48)28-7-8-37-50(3,52(28,5)29-15-33-44(59-24-58-33)56-17-32(29)53)11-10-36-49(2,22-63)43(73-46-42(68)41(67)35(64)20-72-46)40(66)30(51(36,37)4)14-26-27(19-61)45(69)60-39(26)25(6-9-38(54)65)34-18-55-23-57-34/h7,18,23-27,29-32,35-43,46,56,61-68H,6,8-17,19-22,54H2,1-5H3,(H,55,57)(H,58,59)(H,60,69)(H,70,71)/t25-,26-,27-,29+,30+,31+,32+,35-,36-,37+,38+,39-,40-,41+,42-,43-,46+,48+,49+,50-,51+,52+,53-/m1/s1. The Morgan fingerprint density at radius 1 is 0.959 bits per heavy atom. The van der Waals surface area contributed by atoms with E-state index < -0.39 is 130 Å². The molecule has 5 heterocycles. The second kappa shape index (κ2) is 18.9. The van der Waals surface area contributed by atoms with Crippen LogP contribution in [0.2, 0.25) is 0 Å². The molecule has 20 heteroatoms. The first-order valence-corrected chi connectivity index (χ1v) is 26.8. The molecule has 2 aromatic heterocycles. The van der Waals surface area contributed by atoms with E-state index in [1.165, 1.54) is 0 Å². The number of amides is 1. The highest BCUT2D eigenvalue weighted by Gasteiger charge is 2.77. The maximum absolute atomic E-state index is 14.3. The lowest BCUT2D eigenvalue weighted by Gasteiger charge is -2.75. The molecule has 406 valence electrons. The summed E-state index contributed by atoms with van der Waals surface area (Å²) in [5, 5.41) is 109. The molecule has 0 aromatic carbocycles. The van der Waals surface area contributed by atoms with Crippen LogP contribution in [0.5, 0.6) is 0 Å². The van der Waals surface area contributed by atoms with E-state index in [9.17, 15) is 55.5 Å². The van der Waals surface area contributed by atoms with Gasteiger partial charge in [-0.15, -0.1) is 0 Å². The van der Waals surface area contributed by atoms with Crippen LogP contribution < -0.4 is 16.4 Å². The Hall–Kier alpha value is -3.54. The zero-order valence-electron chi connectivity index (χ0n) is 42.9. The van der Waals surface area contributed by atoms with Gasteiger partial charge in [0, 0.05) is 42.4 Å². The van der Waals surface area contributed by atoms with Gasteiger partial charge in [0.25, 0.3) is 0 Å². The second-order valence-electron chi connectivity index (χ2n) is 25.2. The number of carbonyl (C=O) groups is 2. The van der Waals surface area contributed by atoms with Gasteiger partial charge in [0.05, 0.1) is 61.7 Å². The third kappa shape index (κ3) is 7.68. The number of hydrogen-bond acceptors (Lipinski definition) is 16. The molecule has 0 bridgehead atoms. The van der Waals surface area contributed by atoms with Crippen molar-refractivity contribution in [1.29, 1.82) is 0 Å². The number of carboxylic acid groups (broad SMARTS) is 1. The van der Waals surface area contributed by atoms with Gasteiger partial charge in [-0.25, -0.2) is 9.97 Å². The van der Waals surface area contributed by atoms with E-state index in [2.05, 4.69) is 64.3 Å². The summed E-state index contributed by atoms with van der Waals surface area (Å²) in [7, 11) is 0. The summed E-state index contributed by atoms with van der Waals surface area (Å²) in [5.41, 5.74) is 3.67. The van der Waals surface area contributed by atoms with E-state index in [0.29, 0.717) is 69.4 Å². The molecular formula is C53H81N7O13. The normalized spacial score (nSPS) is 47.9. The molecule has 2 aromatic rings. The Morgan fingerprint density at radius 2 is 1.73 bits per heavy atom. The van der Waals surface area contributed by atoms with Gasteiger partial charge in [0.1, 0.15) is 30.4 Å². The number of aliphatic hydroxyl groups excluding tert-OH is 8. The predicted octanol–water partition coefficient (Wildman–Crippen LogP) is 1.36. The summed E-state index contributed by atoms with van der Waals surface area (Å²) in [6, 6.07) is -0.619. The van der Waals surface area contributed by atoms with Crippen LogP contribution in [-0.2, 0) is 25.5 Å². The number of allylic oxidation sites excluding steroid dienone is 2. The third-order valence-corrected chi connectivity index (χ3v) is 22.2. The Labute approximate surface area is 426 Å². The van der Waals surface area contributed by atoms with E-state index in [1.54, 1.807) is 18.9 Å². The number of aliphatic hydroxyl groups is 8. The Bertz CT molecular complexity index is 2390. The maximum Gasteiger partial charge on any atom is 0.310 e. The van der Waals surface area contributed by atoms with Crippen molar-refractivity contribution in [3.05, 3.63) is 41.9 Å². The highest BCUT2D eigenvalue weighted by molar-refractivity contribution is 5.82. The number of carboxylic acids is 1. The number of anilines is 1. The molecule has 0 unspecified atom stereocenters. The quantitative estimate of drug-likeness (QED) is 0.0765. The van der Waals surface area contributed by atoms with Crippen molar-refractivity contribution in [2.24, 2.45) is 85.6 Å². The summed E-state index contributed by atoms with van der Waals surface area (Å²) in [4.78, 5) is 44.1. The van der Waals surface area contributed by atoms with E-state index in [1.807, 2.05) is 6.92 Å². The van der Waals surface area contributed by atoms with Gasteiger partial charge in [-0.1, -0.05) is 46.3 Å². The molecule has 23 atom stereocenters. The molecule has 15 N–H and O–H groups in total. The Kier molecular flexibility index (Phi) is 13.7. The minimum atomic E-state index is -1.69. The van der Waals surface area contributed by atoms with Gasteiger partial charge < -0.3 is 81.8 Å². The molecule has 5 aliphatic carbocycles. The van der Waals surface area contributed by atoms with Crippen molar-refractivity contribution >= 4 is 17.7 Å². The predicted molar refractivity (Wildman–Crippen MR) is 262 cm³/mol. The molecule has 8 aliphatic rings. The van der Waals surface area contributed by atoms with Crippen LogP contribution in [-0.4, -0.2) is 160 Å². The molecule has 6 fully saturated rings. The van der Waals surface area contributed by atoms with Crippen molar-refractivity contribution in [1.82, 2.24) is 25.3 Å². The lowest BCUT2D eigenvalue weighted by atomic mass is 9.29. The van der Waals surface area contributed by atoms with E-state index in [-0.39, 0.29) is 55.6 Å². The lowest BCUT2D eigenvalue weighted by Crippen LogP contribution is -2.74. The molecule has 0 spiro atoms. The maximum atomic E-state index is 14.3. The summed E-state index contributed by atoms with van der Waals surface area (Å²) in [6.45, 7) is 9.91. The van der Waals surface area contributed by atoms with Crippen molar-refractivity contribution < 1.29 is 65.0 Å². The van der Waals surface area contributed by atoms with Crippen LogP contribution in [0.25, 0.3) is 0 Å². The number of aliphatic carboxylic acids is 1. The Morgan fingerprint density at radius 3 is 2.40 bits per heavy atom. The third-order valence-electron chi connectivity index (χ3n) is 22.2. The summed E-state index contributed by atoms with van der Waals surface area (Å²) in [5.74, 6) is -4.71. The fourth-order valence-corrected chi connectivity index (χ4v) is 18.2. The molecule has 3 aliphatic heterocycles. The van der Waals surface area contributed by atoms with Crippen molar-refractivity contribution in [2.75, 3.05) is 38.3 Å². The molecule has 73 heavy (non-hydrogen) atoms. The fraction of sp³-hybridized carbons (Fsp3) is 0.811. The van der Waals surface area contributed by atoms with Gasteiger partial charge in [-0.3, -0.25) is 9.59 Å². The highest BCUT2D eigenvalue weighted by atomic mass is 16.7. The van der Waals surface area contributed by atoms with Crippen LogP contribution in [0, 0.1) is 79.8 Å². The number of fused-ring (bicyclic) bond motifs is 11. The van der Waals surface area contributed by atoms with E-state index >= 15 is 0 Å². The number of H-pyrrole nitrogens is 2. The van der Waals surface area contributed by atoms with Gasteiger partial charge >= 0.3 is 5.97 Å². The van der Waals surface area contributed by atoms with Gasteiger partial charge in [0.2, 0.25) is 5.91 Å². The SMILES string of the molecule is C[C@]1(CO)CC[C@@]2(C(=O)O)[C@@H](C1)C1=CC[C@@H]3[C@]4(C)[C@H](CC[C@@]3(C)[C@]1(C)[C@H]1Cc3[nH]cnc3NC[C@@H]12)[C@](C)(CO)[C@H](O[C@@H]1OC[C@@H](O)[C@H](O)[C@H]1O)[C@H](O)[C@@H]4C[C@H]1[C@@H]([C@H](CC[C@@H](N)O)c2cnc[nH]2)NC(=O)[C@@H]1CO. The number of rotatable bonds is 13. The van der Waals surface area contributed by atoms with E-state index in [4.69, 9.17) is 15.2 Å². The molecular weight excluding hydrogens is 943 g/mol. The monoisotopic (exact) mass is 1020 g/mol. The first-order chi connectivity index (χ1) is 34.6. The van der Waals surface area contributed by atoms with Crippen LogP contribution in [0.15, 0.2) is 30.5 Å². The van der Waals surface area contributed by atoms with Crippen LogP contribution in [0.4, 0.5) is 5.82 Å². The molecule has 2 saturated heterocycles. The highest BCUT2D eigenvalue weighted by Crippen LogP contribution is 2.79. The zero-order valence-corrected chi connectivity index (χ0v) is 42.9. The van der Waals surface area contributed by atoms with Crippen molar-refractivity contribution in [3.8, 4) is 0 Å². The summed E-state index contributed by atoms with van der Waals surface area (Å²) < 4.78 is 12.5. The first kappa shape index (κ1) is 52.9. The molecule has 20 nitrogen and oxygen atoms in total. The van der Waals surface area contributed by atoms with E-state index in [0.717, 1.165) is 11.3 Å². The number of ether oxygens (including phenoxy) is 2. The van der Waals surface area contributed by atoms with Crippen LogP contribution in [0.1, 0.15) is 110 Å². The Balaban J connectivity index is 1.15. The van der Waals surface area contributed by atoms with Crippen LogP contribution in [0.3, 0.4) is 0 Å². The molecule has 0 radical (unpaired) electrons. The first-order valence-electron chi connectivity index (χ1n) is 26.8. The second-order valence-corrected chi connectivity index (χ2v) is 25.2. The topological polar surface area (TPSA) is 342 Å². The zero-order chi connectivity index (χ0) is 52.4. The van der Waals surface area contributed by atoms with Crippen LogP contribution >= 0.6 is 0 Å². The smallest absolute Gasteiger partial charge is 0.310 e. The lowest BCUT2D eigenvalue weighted by molar-refractivity contribution is -0.341. The summed E-state index contributed by atoms with van der Waals surface area (Å²) >= 11 is 0. The van der Waals surface area contributed by atoms with Crippen molar-refractivity contribution in [2.45, 2.75) is 154 Å².